The Kier molecular flexibility index (Phi) is 5.29. The van der Waals surface area contributed by atoms with Gasteiger partial charge in [0.05, 0.1) is 37.5 Å². The highest BCUT2D eigenvalue weighted by molar-refractivity contribution is 6.03. The molecule has 11 heteroatoms. The van der Waals surface area contributed by atoms with Gasteiger partial charge in [-0.15, -0.1) is 0 Å². The second kappa shape index (κ2) is 8.22. The van der Waals surface area contributed by atoms with Gasteiger partial charge in [0.2, 0.25) is 0 Å². The van der Waals surface area contributed by atoms with E-state index in [2.05, 4.69) is 10.3 Å². The molecule has 0 amide bonds. The number of nitrogens with zero attached hydrogens (tertiary/aromatic N) is 4. The molecule has 0 radical (unpaired) electrons. The number of nitrogens with one attached hydrogen (secondary N) is 1. The van der Waals surface area contributed by atoms with Gasteiger partial charge in [-0.2, -0.15) is 0 Å². The molecular weight excluding hydrogens is 418 g/mol. The molecule has 0 saturated carbocycles. The Morgan fingerprint density at radius 3 is 1.72 bits per heavy atom. The number of amidine groups is 1. The fourth-order valence-corrected chi connectivity index (χ4v) is 3.78. The fraction of sp³-hybridized carbons (Fsp3) is 0.0952. The number of nitro benzene ring substituents is 3. The number of benzene rings is 3. The van der Waals surface area contributed by atoms with E-state index in [-0.39, 0.29) is 39.6 Å². The summed E-state index contributed by atoms with van der Waals surface area (Å²) in [6, 6.07) is 16.1. The maximum Gasteiger partial charge on any atom is 0.280 e. The van der Waals surface area contributed by atoms with Crippen LogP contribution in [0.5, 0.6) is 0 Å². The van der Waals surface area contributed by atoms with Gasteiger partial charge < -0.3 is 5.32 Å². The molecular formula is C21H15N5O6. The van der Waals surface area contributed by atoms with Gasteiger partial charge in [0.15, 0.2) is 0 Å². The monoisotopic (exact) mass is 433 g/mol. The Morgan fingerprint density at radius 1 is 0.656 bits per heavy atom. The van der Waals surface area contributed by atoms with Crippen LogP contribution in [-0.4, -0.2) is 20.6 Å². The zero-order chi connectivity index (χ0) is 22.8. The molecule has 0 spiro atoms. The number of hydrogen-bond acceptors (Lipinski definition) is 8. The summed E-state index contributed by atoms with van der Waals surface area (Å²) in [5.74, 6) is 0.128. The first-order chi connectivity index (χ1) is 15.4. The quantitative estimate of drug-likeness (QED) is 0.450. The molecule has 2 atom stereocenters. The lowest BCUT2D eigenvalue weighted by atomic mass is 9.92. The summed E-state index contributed by atoms with van der Waals surface area (Å²) in [5.41, 5.74) is 0.0909. The Labute approximate surface area is 180 Å². The van der Waals surface area contributed by atoms with Crippen LogP contribution in [0.3, 0.4) is 0 Å². The van der Waals surface area contributed by atoms with Crippen LogP contribution in [0, 0.1) is 30.3 Å². The van der Waals surface area contributed by atoms with Crippen LogP contribution < -0.4 is 5.32 Å². The molecule has 0 fully saturated rings. The molecule has 3 aromatic carbocycles. The Hall–Kier alpha value is -4.67. The second-order valence-electron chi connectivity index (χ2n) is 6.95. The van der Waals surface area contributed by atoms with Gasteiger partial charge in [0.1, 0.15) is 11.9 Å². The second-order valence-corrected chi connectivity index (χ2v) is 6.95. The Bertz CT molecular complexity index is 1270. The van der Waals surface area contributed by atoms with Crippen molar-refractivity contribution in [2.75, 3.05) is 0 Å². The molecule has 0 saturated heterocycles. The number of para-hydroxylation sites is 3. The molecule has 1 aliphatic heterocycles. The summed E-state index contributed by atoms with van der Waals surface area (Å²) in [6.45, 7) is 0. The number of aliphatic imine (C=N–C) groups is 1. The highest BCUT2D eigenvalue weighted by Crippen LogP contribution is 2.43. The lowest BCUT2D eigenvalue weighted by Crippen LogP contribution is -2.26. The Morgan fingerprint density at radius 2 is 1.12 bits per heavy atom. The van der Waals surface area contributed by atoms with E-state index in [1.54, 1.807) is 18.2 Å². The molecule has 11 nitrogen and oxygen atoms in total. The average molecular weight is 433 g/mol. The van der Waals surface area contributed by atoms with Crippen LogP contribution in [-0.2, 0) is 0 Å². The molecule has 0 unspecified atom stereocenters. The van der Waals surface area contributed by atoms with Gasteiger partial charge in [-0.3, -0.25) is 35.3 Å². The Balaban J connectivity index is 1.91. The lowest BCUT2D eigenvalue weighted by Gasteiger charge is -2.19. The summed E-state index contributed by atoms with van der Waals surface area (Å²) in [4.78, 5) is 37.7. The normalized spacial score (nSPS) is 17.3. The van der Waals surface area contributed by atoms with E-state index in [0.717, 1.165) is 0 Å². The van der Waals surface area contributed by atoms with E-state index in [1.165, 1.54) is 54.6 Å². The van der Waals surface area contributed by atoms with Crippen LogP contribution in [0.1, 0.15) is 28.8 Å². The fourth-order valence-electron chi connectivity index (χ4n) is 3.78. The summed E-state index contributed by atoms with van der Waals surface area (Å²) >= 11 is 0. The third-order valence-corrected chi connectivity index (χ3v) is 5.15. The molecule has 3 aromatic rings. The first-order valence-corrected chi connectivity index (χ1v) is 9.43. The highest BCUT2D eigenvalue weighted by Gasteiger charge is 2.39. The summed E-state index contributed by atoms with van der Waals surface area (Å²) in [7, 11) is 0. The lowest BCUT2D eigenvalue weighted by molar-refractivity contribution is -0.386. The molecule has 32 heavy (non-hydrogen) atoms. The van der Waals surface area contributed by atoms with Crippen LogP contribution >= 0.6 is 0 Å². The van der Waals surface area contributed by atoms with Gasteiger partial charge in [-0.1, -0.05) is 36.4 Å². The van der Waals surface area contributed by atoms with Crippen molar-refractivity contribution in [3.8, 4) is 0 Å². The minimum atomic E-state index is -0.924. The van der Waals surface area contributed by atoms with Crippen molar-refractivity contribution < 1.29 is 14.8 Å². The summed E-state index contributed by atoms with van der Waals surface area (Å²) in [6.07, 6.45) is 0. The van der Waals surface area contributed by atoms with Crippen molar-refractivity contribution in [3.63, 3.8) is 0 Å². The van der Waals surface area contributed by atoms with Gasteiger partial charge in [0.25, 0.3) is 17.1 Å². The largest absolute Gasteiger partial charge is 0.360 e. The van der Waals surface area contributed by atoms with Crippen LogP contribution in [0.15, 0.2) is 77.8 Å². The SMILES string of the molecule is O=[N+]([O-])c1ccccc1C1=N[C@H](c2ccccc2[N+](=O)[O-])[C@H](c2ccccc2[N+](=O)[O-])N1. The summed E-state index contributed by atoms with van der Waals surface area (Å²) in [5, 5.41) is 37.8. The van der Waals surface area contributed by atoms with Crippen molar-refractivity contribution in [3.05, 3.63) is 120 Å². The molecule has 160 valence electrons. The first kappa shape index (κ1) is 20.6. The van der Waals surface area contributed by atoms with E-state index in [1.807, 2.05) is 0 Å². The molecule has 1 aliphatic rings. The van der Waals surface area contributed by atoms with Crippen molar-refractivity contribution in [1.29, 1.82) is 0 Å². The van der Waals surface area contributed by atoms with Crippen LogP contribution in [0.4, 0.5) is 17.1 Å². The smallest absolute Gasteiger partial charge is 0.280 e. The van der Waals surface area contributed by atoms with E-state index in [0.29, 0.717) is 0 Å². The highest BCUT2D eigenvalue weighted by atomic mass is 16.6. The van der Waals surface area contributed by atoms with E-state index in [4.69, 9.17) is 0 Å². The van der Waals surface area contributed by atoms with Gasteiger partial charge >= 0.3 is 0 Å². The van der Waals surface area contributed by atoms with Crippen LogP contribution in [0.2, 0.25) is 0 Å². The number of nitro groups is 3. The van der Waals surface area contributed by atoms with Crippen molar-refractivity contribution in [2.24, 2.45) is 4.99 Å². The molecule has 0 aliphatic carbocycles. The molecule has 0 aromatic heterocycles. The van der Waals surface area contributed by atoms with E-state index < -0.39 is 26.9 Å². The molecule has 4 rings (SSSR count). The summed E-state index contributed by atoms with van der Waals surface area (Å²) < 4.78 is 0. The standard InChI is InChI=1S/C21H15N5O6/c27-24(28)16-10-4-1-7-13(16)19-20(14-8-2-5-11-17(14)25(29)30)23-21(22-19)15-9-3-6-12-18(15)26(31)32/h1-12,19-20H,(H,22,23)/t19-,20+. The van der Waals surface area contributed by atoms with Crippen molar-refractivity contribution >= 4 is 22.9 Å². The van der Waals surface area contributed by atoms with Gasteiger partial charge in [-0.05, 0) is 18.2 Å². The maximum atomic E-state index is 11.6. The first-order valence-electron chi connectivity index (χ1n) is 9.43. The minimum Gasteiger partial charge on any atom is -0.360 e. The maximum absolute atomic E-state index is 11.6. The van der Waals surface area contributed by atoms with Crippen LogP contribution in [0.25, 0.3) is 0 Å². The predicted octanol–water partition coefficient (Wildman–Crippen LogP) is 4.24. The van der Waals surface area contributed by atoms with Gasteiger partial charge in [0, 0.05) is 18.2 Å². The van der Waals surface area contributed by atoms with Gasteiger partial charge in [-0.25, -0.2) is 0 Å². The number of hydrogen-bond donors (Lipinski definition) is 1. The molecule has 1 heterocycles. The van der Waals surface area contributed by atoms with Crippen molar-refractivity contribution in [1.82, 2.24) is 5.32 Å². The van der Waals surface area contributed by atoms with E-state index >= 15 is 0 Å². The molecule has 1 N–H and O–H groups in total. The third-order valence-electron chi connectivity index (χ3n) is 5.15. The molecule has 0 bridgehead atoms. The topological polar surface area (TPSA) is 154 Å². The predicted molar refractivity (Wildman–Crippen MR) is 114 cm³/mol. The van der Waals surface area contributed by atoms with E-state index in [9.17, 15) is 30.3 Å². The number of rotatable bonds is 6. The zero-order valence-corrected chi connectivity index (χ0v) is 16.3. The zero-order valence-electron chi connectivity index (χ0n) is 16.3. The minimum absolute atomic E-state index is 0.128. The third kappa shape index (κ3) is 3.62. The average Bonchev–Trinajstić information content (AvgIpc) is 3.24. The van der Waals surface area contributed by atoms with Crippen molar-refractivity contribution in [2.45, 2.75) is 12.1 Å².